The second kappa shape index (κ2) is 7.94. The largest absolute Gasteiger partial charge is 0.389 e. The molecule has 0 aromatic carbocycles. The second-order valence-electron chi connectivity index (χ2n) is 3.75. The van der Waals surface area contributed by atoms with Gasteiger partial charge in [0.1, 0.15) is 0 Å². The topological polar surface area (TPSA) is 82.4 Å². The number of ether oxygens (including phenoxy) is 2. The Labute approximate surface area is 96.3 Å². The van der Waals surface area contributed by atoms with Gasteiger partial charge >= 0.3 is 0 Å². The second-order valence-corrected chi connectivity index (χ2v) is 3.75. The molecule has 16 heavy (non-hydrogen) atoms. The van der Waals surface area contributed by atoms with Gasteiger partial charge < -0.3 is 24.9 Å². The Balaban J connectivity index is 4.50. The molecule has 6 heteroatoms. The molecule has 4 atom stereocenters. The summed E-state index contributed by atoms with van der Waals surface area (Å²) in [6.45, 7) is 5.31. The van der Waals surface area contributed by atoms with E-state index in [2.05, 4.69) is 0 Å². The summed E-state index contributed by atoms with van der Waals surface area (Å²) in [5, 5.41) is 29.3. The molecule has 0 fully saturated rings. The molecule has 0 saturated heterocycles. The number of hydroxylamine groups is 2. The molecule has 0 amide bonds. The highest BCUT2D eigenvalue weighted by molar-refractivity contribution is 4.68. The van der Waals surface area contributed by atoms with E-state index in [-0.39, 0.29) is 0 Å². The van der Waals surface area contributed by atoms with E-state index in [1.54, 1.807) is 0 Å². The van der Waals surface area contributed by atoms with Crippen molar-refractivity contribution in [3.8, 4) is 0 Å². The number of methoxy groups -OCH3 is 1. The van der Waals surface area contributed by atoms with E-state index in [9.17, 15) is 15.4 Å². The van der Waals surface area contributed by atoms with Crippen molar-refractivity contribution < 1.29 is 24.9 Å². The molecular formula is C10H23NO5. The van der Waals surface area contributed by atoms with Crippen molar-refractivity contribution in [3.05, 3.63) is 0 Å². The minimum atomic E-state index is -0.934. The van der Waals surface area contributed by atoms with E-state index in [1.807, 2.05) is 6.92 Å². The van der Waals surface area contributed by atoms with Crippen LogP contribution in [0, 0.1) is 0 Å². The van der Waals surface area contributed by atoms with Crippen LogP contribution in [0.3, 0.4) is 0 Å². The van der Waals surface area contributed by atoms with E-state index in [4.69, 9.17) is 9.47 Å². The Bertz CT molecular complexity index is 177. The van der Waals surface area contributed by atoms with E-state index in [0.29, 0.717) is 11.7 Å². The number of hydrogen-bond acceptors (Lipinski definition) is 6. The van der Waals surface area contributed by atoms with Gasteiger partial charge in [-0.25, -0.2) is 0 Å². The van der Waals surface area contributed by atoms with Crippen LogP contribution < -0.4 is 0 Å². The van der Waals surface area contributed by atoms with E-state index in [0.717, 1.165) is 6.42 Å². The third kappa shape index (κ3) is 4.73. The number of hydrogen-bond donors (Lipinski definition) is 3. The number of aliphatic hydroxyl groups is 2. The molecule has 3 N–H and O–H groups in total. The molecule has 0 aliphatic rings. The SMILES string of the molecule is CCCOC(C(C)O)N(O)C(OC)C(C)O. The van der Waals surface area contributed by atoms with Crippen LogP contribution in [0.25, 0.3) is 0 Å². The fraction of sp³-hybridized carbons (Fsp3) is 1.00. The number of aliphatic hydroxyl groups excluding tert-OH is 2. The van der Waals surface area contributed by atoms with E-state index >= 15 is 0 Å². The van der Waals surface area contributed by atoms with Gasteiger partial charge in [0.15, 0.2) is 12.5 Å². The quantitative estimate of drug-likeness (QED) is 0.412. The van der Waals surface area contributed by atoms with Gasteiger partial charge in [-0.2, -0.15) is 0 Å². The molecule has 4 unspecified atom stereocenters. The van der Waals surface area contributed by atoms with Gasteiger partial charge in [0, 0.05) is 13.7 Å². The molecule has 0 bridgehead atoms. The molecule has 0 aromatic heterocycles. The van der Waals surface area contributed by atoms with Crippen LogP contribution in [0.5, 0.6) is 0 Å². The molecule has 0 rings (SSSR count). The zero-order valence-electron chi connectivity index (χ0n) is 10.3. The van der Waals surface area contributed by atoms with Crippen molar-refractivity contribution >= 4 is 0 Å². The van der Waals surface area contributed by atoms with Crippen LogP contribution in [0.1, 0.15) is 27.2 Å². The van der Waals surface area contributed by atoms with Crippen LogP contribution in [0.2, 0.25) is 0 Å². The van der Waals surface area contributed by atoms with Crippen molar-refractivity contribution in [1.29, 1.82) is 0 Å². The van der Waals surface area contributed by atoms with Crippen molar-refractivity contribution in [2.24, 2.45) is 0 Å². The van der Waals surface area contributed by atoms with Crippen molar-refractivity contribution in [1.82, 2.24) is 5.06 Å². The van der Waals surface area contributed by atoms with Gasteiger partial charge in [-0.1, -0.05) is 6.92 Å². The van der Waals surface area contributed by atoms with Crippen LogP contribution in [0.15, 0.2) is 0 Å². The minimum Gasteiger partial charge on any atom is -0.389 e. The molecule has 0 aromatic rings. The molecule has 0 radical (unpaired) electrons. The molecule has 0 heterocycles. The van der Waals surface area contributed by atoms with Gasteiger partial charge in [0.25, 0.3) is 0 Å². The summed E-state index contributed by atoms with van der Waals surface area (Å²) in [4.78, 5) is 0. The summed E-state index contributed by atoms with van der Waals surface area (Å²) in [6, 6.07) is 0. The maximum absolute atomic E-state index is 9.80. The first-order chi connectivity index (χ1) is 7.45. The monoisotopic (exact) mass is 237 g/mol. The highest BCUT2D eigenvalue weighted by Gasteiger charge is 2.31. The molecule has 6 nitrogen and oxygen atoms in total. The minimum absolute atomic E-state index is 0.406. The average molecular weight is 237 g/mol. The first-order valence-electron chi connectivity index (χ1n) is 5.43. The maximum Gasteiger partial charge on any atom is 0.161 e. The normalized spacial score (nSPS) is 19.5. The first kappa shape index (κ1) is 15.8. The highest BCUT2D eigenvalue weighted by atomic mass is 16.6. The molecule has 0 aliphatic carbocycles. The maximum atomic E-state index is 9.80. The average Bonchev–Trinajstić information content (AvgIpc) is 2.18. The molecule has 0 aliphatic heterocycles. The number of nitrogens with zero attached hydrogens (tertiary/aromatic N) is 1. The predicted octanol–water partition coefficient (Wildman–Crippen LogP) is 0.164. The van der Waals surface area contributed by atoms with Crippen LogP contribution in [0.4, 0.5) is 0 Å². The lowest BCUT2D eigenvalue weighted by molar-refractivity contribution is -0.320. The molecule has 0 spiro atoms. The van der Waals surface area contributed by atoms with Gasteiger partial charge in [-0.05, 0) is 20.3 Å². The standard InChI is InChI=1S/C10H23NO5/c1-5-6-16-10(8(3)13)11(14)9(15-4)7(2)12/h7-10,12-14H,5-6H2,1-4H3. The highest BCUT2D eigenvalue weighted by Crippen LogP contribution is 2.12. The Kier molecular flexibility index (Phi) is 7.82. The van der Waals surface area contributed by atoms with E-state index in [1.165, 1.54) is 21.0 Å². The Morgan fingerprint density at radius 1 is 1.12 bits per heavy atom. The van der Waals surface area contributed by atoms with Gasteiger partial charge in [0.05, 0.1) is 12.2 Å². The molecule has 98 valence electrons. The van der Waals surface area contributed by atoms with E-state index < -0.39 is 24.7 Å². The summed E-state index contributed by atoms with van der Waals surface area (Å²) in [7, 11) is 1.36. The van der Waals surface area contributed by atoms with Crippen molar-refractivity contribution in [2.75, 3.05) is 13.7 Å². The predicted molar refractivity (Wildman–Crippen MR) is 57.8 cm³/mol. The lowest BCUT2D eigenvalue weighted by atomic mass is 10.3. The molecule has 0 saturated carbocycles. The first-order valence-corrected chi connectivity index (χ1v) is 5.43. The summed E-state index contributed by atoms with van der Waals surface area (Å²) in [6.07, 6.45) is -2.88. The number of rotatable bonds is 8. The zero-order valence-corrected chi connectivity index (χ0v) is 10.3. The fourth-order valence-electron chi connectivity index (χ4n) is 1.35. The Hall–Kier alpha value is -0.240. The van der Waals surface area contributed by atoms with Crippen LogP contribution >= 0.6 is 0 Å². The van der Waals surface area contributed by atoms with Gasteiger partial charge in [-0.3, -0.25) is 0 Å². The van der Waals surface area contributed by atoms with Gasteiger partial charge in [0.2, 0.25) is 0 Å². The van der Waals surface area contributed by atoms with Crippen molar-refractivity contribution in [2.45, 2.75) is 51.9 Å². The van der Waals surface area contributed by atoms with Crippen LogP contribution in [-0.4, -0.2) is 58.9 Å². The third-order valence-electron chi connectivity index (χ3n) is 2.08. The smallest absolute Gasteiger partial charge is 0.161 e. The summed E-state index contributed by atoms with van der Waals surface area (Å²) in [5.41, 5.74) is 0. The Morgan fingerprint density at radius 2 is 1.62 bits per heavy atom. The van der Waals surface area contributed by atoms with Gasteiger partial charge in [-0.15, -0.1) is 5.06 Å². The summed E-state index contributed by atoms with van der Waals surface area (Å²) >= 11 is 0. The molecular weight excluding hydrogens is 214 g/mol. The summed E-state index contributed by atoms with van der Waals surface area (Å²) < 4.78 is 10.2. The van der Waals surface area contributed by atoms with Crippen LogP contribution in [-0.2, 0) is 9.47 Å². The Morgan fingerprint density at radius 3 is 1.94 bits per heavy atom. The summed E-state index contributed by atoms with van der Waals surface area (Å²) in [5.74, 6) is 0. The van der Waals surface area contributed by atoms with Crippen molar-refractivity contribution in [3.63, 3.8) is 0 Å². The zero-order chi connectivity index (χ0) is 12.7. The lowest BCUT2D eigenvalue weighted by Crippen LogP contribution is -2.52. The fourth-order valence-corrected chi connectivity index (χ4v) is 1.35. The third-order valence-corrected chi connectivity index (χ3v) is 2.08. The lowest BCUT2D eigenvalue weighted by Gasteiger charge is -2.34.